The van der Waals surface area contributed by atoms with Crippen molar-refractivity contribution in [3.05, 3.63) is 0 Å². The van der Waals surface area contributed by atoms with Crippen LogP contribution in [0, 0.1) is 0 Å². The second-order valence-electron chi connectivity index (χ2n) is 3.83. The molecular formula is C10H17F4NO2. The van der Waals surface area contributed by atoms with Gasteiger partial charge in [-0.2, -0.15) is 8.78 Å². The monoisotopic (exact) mass is 259 g/mol. The van der Waals surface area contributed by atoms with Gasteiger partial charge >= 0.3 is 18.4 Å². The molecule has 102 valence electrons. The van der Waals surface area contributed by atoms with E-state index in [4.69, 9.17) is 5.11 Å². The highest BCUT2D eigenvalue weighted by Gasteiger charge is 2.43. The molecule has 17 heavy (non-hydrogen) atoms. The Morgan fingerprint density at radius 3 is 2.29 bits per heavy atom. The van der Waals surface area contributed by atoms with Gasteiger partial charge in [-0.3, -0.25) is 0 Å². The van der Waals surface area contributed by atoms with Gasteiger partial charge in [0.2, 0.25) is 0 Å². The van der Waals surface area contributed by atoms with Gasteiger partial charge in [-0.1, -0.05) is 26.2 Å². The molecule has 0 aliphatic rings. The minimum Gasteiger partial charge on any atom is -0.465 e. The number of rotatable bonds is 8. The molecule has 1 amide bonds. The van der Waals surface area contributed by atoms with Gasteiger partial charge in [-0.15, -0.1) is 0 Å². The van der Waals surface area contributed by atoms with E-state index in [1.165, 1.54) is 0 Å². The number of hydrogen-bond acceptors (Lipinski definition) is 1. The predicted octanol–water partition coefficient (Wildman–Crippen LogP) is 3.45. The normalized spacial score (nSPS) is 11.9. The van der Waals surface area contributed by atoms with Crippen LogP contribution >= 0.6 is 0 Å². The molecule has 0 unspecified atom stereocenters. The fourth-order valence-corrected chi connectivity index (χ4v) is 1.30. The van der Waals surface area contributed by atoms with Crippen molar-refractivity contribution >= 4 is 6.09 Å². The molecule has 0 aromatic rings. The highest BCUT2D eigenvalue weighted by Crippen LogP contribution is 2.24. The summed E-state index contributed by atoms with van der Waals surface area (Å²) >= 11 is 0. The van der Waals surface area contributed by atoms with E-state index in [2.05, 4.69) is 0 Å². The van der Waals surface area contributed by atoms with Crippen LogP contribution in [-0.4, -0.2) is 41.5 Å². The van der Waals surface area contributed by atoms with Crippen LogP contribution < -0.4 is 0 Å². The topological polar surface area (TPSA) is 40.5 Å². The zero-order chi connectivity index (χ0) is 13.5. The van der Waals surface area contributed by atoms with Crippen LogP contribution in [0.4, 0.5) is 22.4 Å². The summed E-state index contributed by atoms with van der Waals surface area (Å²) in [5.74, 6) is -4.29. The highest BCUT2D eigenvalue weighted by atomic mass is 19.3. The first-order chi connectivity index (χ1) is 7.81. The van der Waals surface area contributed by atoms with E-state index in [9.17, 15) is 22.4 Å². The lowest BCUT2D eigenvalue weighted by atomic mass is 10.2. The third kappa shape index (κ3) is 6.33. The van der Waals surface area contributed by atoms with E-state index in [-0.39, 0.29) is 6.54 Å². The molecule has 0 bridgehead atoms. The Labute approximate surface area is 97.4 Å². The van der Waals surface area contributed by atoms with Crippen molar-refractivity contribution < 1.29 is 27.5 Å². The van der Waals surface area contributed by atoms with E-state index in [1.807, 2.05) is 6.92 Å². The number of hydrogen-bond donors (Lipinski definition) is 1. The van der Waals surface area contributed by atoms with Crippen LogP contribution in [0.2, 0.25) is 0 Å². The maximum Gasteiger partial charge on any atom is 0.407 e. The quantitative estimate of drug-likeness (QED) is 0.535. The van der Waals surface area contributed by atoms with Crippen LogP contribution in [0.3, 0.4) is 0 Å². The van der Waals surface area contributed by atoms with E-state index >= 15 is 0 Å². The van der Waals surface area contributed by atoms with Crippen molar-refractivity contribution in [1.82, 2.24) is 4.90 Å². The Balaban J connectivity index is 4.20. The SMILES string of the molecule is CCCCCCN(CC(F)(F)C(F)F)C(=O)O. The molecule has 0 aromatic heterocycles. The molecule has 0 saturated carbocycles. The molecule has 0 saturated heterocycles. The molecule has 3 nitrogen and oxygen atoms in total. The Kier molecular flexibility index (Phi) is 6.91. The largest absolute Gasteiger partial charge is 0.465 e. The number of halogens is 4. The number of carbonyl (C=O) groups is 1. The molecule has 0 heterocycles. The summed E-state index contributed by atoms with van der Waals surface area (Å²) in [5.41, 5.74) is 0. The lowest BCUT2D eigenvalue weighted by Gasteiger charge is -2.24. The smallest absolute Gasteiger partial charge is 0.407 e. The predicted molar refractivity (Wildman–Crippen MR) is 54.7 cm³/mol. The first-order valence-corrected chi connectivity index (χ1v) is 5.45. The third-order valence-electron chi connectivity index (χ3n) is 2.27. The zero-order valence-corrected chi connectivity index (χ0v) is 9.63. The molecule has 7 heteroatoms. The van der Waals surface area contributed by atoms with E-state index in [0.717, 1.165) is 12.8 Å². The van der Waals surface area contributed by atoms with Crippen molar-refractivity contribution in [1.29, 1.82) is 0 Å². The van der Waals surface area contributed by atoms with E-state index in [1.54, 1.807) is 0 Å². The molecule has 0 rings (SSSR count). The first kappa shape index (κ1) is 16.0. The third-order valence-corrected chi connectivity index (χ3v) is 2.27. The molecule has 0 fully saturated rings. The fourth-order valence-electron chi connectivity index (χ4n) is 1.30. The van der Waals surface area contributed by atoms with Crippen molar-refractivity contribution in [3.63, 3.8) is 0 Å². The number of nitrogens with zero attached hydrogens (tertiary/aromatic N) is 1. The van der Waals surface area contributed by atoms with Crippen LogP contribution in [0.1, 0.15) is 32.6 Å². The van der Waals surface area contributed by atoms with Gasteiger partial charge in [0.15, 0.2) is 0 Å². The van der Waals surface area contributed by atoms with Gasteiger partial charge in [0, 0.05) is 6.54 Å². The minimum absolute atomic E-state index is 0.141. The van der Waals surface area contributed by atoms with Crippen LogP contribution in [-0.2, 0) is 0 Å². The number of amides is 1. The van der Waals surface area contributed by atoms with Crippen LogP contribution in [0.5, 0.6) is 0 Å². The van der Waals surface area contributed by atoms with E-state index < -0.39 is 25.0 Å². The average Bonchev–Trinajstić information content (AvgIpc) is 2.22. The van der Waals surface area contributed by atoms with Gasteiger partial charge in [0.1, 0.15) is 0 Å². The summed E-state index contributed by atoms with van der Waals surface area (Å²) in [6.07, 6.45) is -2.57. The highest BCUT2D eigenvalue weighted by molar-refractivity contribution is 5.65. The summed E-state index contributed by atoms with van der Waals surface area (Å²) in [7, 11) is 0. The number of carboxylic acid groups (broad SMARTS) is 1. The molecule has 0 spiro atoms. The van der Waals surface area contributed by atoms with Crippen molar-refractivity contribution in [2.24, 2.45) is 0 Å². The van der Waals surface area contributed by atoms with Crippen molar-refractivity contribution in [3.8, 4) is 0 Å². The molecule has 0 aromatic carbocycles. The molecule has 0 aliphatic carbocycles. The summed E-state index contributed by atoms with van der Waals surface area (Å²) in [5, 5.41) is 8.62. The maximum absolute atomic E-state index is 12.7. The summed E-state index contributed by atoms with van der Waals surface area (Å²) in [4.78, 5) is 11.0. The Bertz CT molecular complexity index is 236. The minimum atomic E-state index is -4.29. The lowest BCUT2D eigenvalue weighted by Crippen LogP contribution is -2.44. The molecule has 1 N–H and O–H groups in total. The van der Waals surface area contributed by atoms with Gasteiger partial charge in [-0.05, 0) is 6.42 Å². The van der Waals surface area contributed by atoms with E-state index in [0.29, 0.717) is 17.7 Å². The van der Waals surface area contributed by atoms with Gasteiger partial charge in [0.25, 0.3) is 0 Å². The summed E-state index contributed by atoms with van der Waals surface area (Å²) in [6, 6.07) is 0. The molecule has 0 aliphatic heterocycles. The standard InChI is InChI=1S/C10H17F4NO2/c1-2-3-4-5-6-15(9(16)17)7-10(13,14)8(11)12/h8H,2-7H2,1H3,(H,16,17). The molecular weight excluding hydrogens is 242 g/mol. The number of unbranched alkanes of at least 4 members (excludes halogenated alkanes) is 3. The molecule has 0 radical (unpaired) electrons. The second kappa shape index (κ2) is 7.34. The van der Waals surface area contributed by atoms with Crippen LogP contribution in [0.25, 0.3) is 0 Å². The molecule has 0 atom stereocenters. The number of alkyl halides is 4. The Morgan fingerprint density at radius 2 is 1.88 bits per heavy atom. The van der Waals surface area contributed by atoms with Crippen molar-refractivity contribution in [2.75, 3.05) is 13.1 Å². The summed E-state index contributed by atoms with van der Waals surface area (Å²) < 4.78 is 49.2. The Morgan fingerprint density at radius 1 is 1.29 bits per heavy atom. The lowest BCUT2D eigenvalue weighted by molar-refractivity contribution is -0.138. The van der Waals surface area contributed by atoms with Gasteiger partial charge < -0.3 is 10.0 Å². The Hall–Kier alpha value is -1.01. The van der Waals surface area contributed by atoms with Crippen LogP contribution in [0.15, 0.2) is 0 Å². The average molecular weight is 259 g/mol. The van der Waals surface area contributed by atoms with Gasteiger partial charge in [0.05, 0.1) is 6.54 Å². The first-order valence-electron chi connectivity index (χ1n) is 5.45. The maximum atomic E-state index is 12.7. The summed E-state index contributed by atoms with van der Waals surface area (Å²) in [6.45, 7) is 0.351. The second-order valence-corrected chi connectivity index (χ2v) is 3.83. The zero-order valence-electron chi connectivity index (χ0n) is 9.63. The van der Waals surface area contributed by atoms with Crippen molar-refractivity contribution in [2.45, 2.75) is 45.0 Å². The van der Waals surface area contributed by atoms with Gasteiger partial charge in [-0.25, -0.2) is 13.6 Å². The fraction of sp³-hybridized carbons (Fsp3) is 0.900.